The summed E-state index contributed by atoms with van der Waals surface area (Å²) >= 11 is 0. The maximum absolute atomic E-state index is 12.8. The van der Waals surface area contributed by atoms with Crippen LogP contribution in [-0.4, -0.2) is 18.8 Å². The monoisotopic (exact) mass is 311 g/mol. The highest BCUT2D eigenvalue weighted by Gasteiger charge is 2.53. The summed E-state index contributed by atoms with van der Waals surface area (Å²) in [4.78, 5) is 0.325. The molecule has 3 atom stereocenters. The van der Waals surface area contributed by atoms with E-state index in [4.69, 9.17) is 6.42 Å². The number of sulfonamides is 1. The van der Waals surface area contributed by atoms with Gasteiger partial charge in [-0.25, -0.2) is 8.42 Å². The molecule has 3 unspecified atom stereocenters. The smallest absolute Gasteiger partial charge is 0.207 e. The minimum Gasteiger partial charge on any atom is -0.207 e. The number of nitrogens with zero attached hydrogens (tertiary/aromatic N) is 1. The molecule has 0 spiro atoms. The van der Waals surface area contributed by atoms with Crippen LogP contribution in [0, 0.1) is 19.3 Å². The minimum atomic E-state index is -3.49. The van der Waals surface area contributed by atoms with Gasteiger partial charge >= 0.3 is 0 Å². The maximum atomic E-state index is 12.8. The zero-order chi connectivity index (χ0) is 15.9. The Morgan fingerprint density at radius 3 is 2.36 bits per heavy atom. The van der Waals surface area contributed by atoms with Gasteiger partial charge in [-0.05, 0) is 37.6 Å². The average molecular weight is 311 g/mol. The van der Waals surface area contributed by atoms with Gasteiger partial charge in [0.1, 0.15) is 0 Å². The fraction of sp³-hybridized carbons (Fsp3) is 0.222. The number of hydrogen-bond donors (Lipinski definition) is 0. The Kier molecular flexibility index (Phi) is 3.56. The van der Waals surface area contributed by atoms with Crippen molar-refractivity contribution in [2.24, 2.45) is 0 Å². The van der Waals surface area contributed by atoms with E-state index in [9.17, 15) is 8.42 Å². The lowest BCUT2D eigenvalue weighted by Crippen LogP contribution is -2.14. The van der Waals surface area contributed by atoms with Gasteiger partial charge in [0.05, 0.1) is 10.9 Å². The van der Waals surface area contributed by atoms with Crippen LogP contribution in [0.3, 0.4) is 0 Å². The number of terminal acetylenes is 1. The molecule has 112 valence electrons. The molecule has 1 heterocycles. The van der Waals surface area contributed by atoms with Crippen molar-refractivity contribution < 1.29 is 8.42 Å². The molecule has 3 rings (SSSR count). The normalized spacial score (nSPS) is 23.8. The number of aryl methyl sites for hydroxylation is 1. The molecule has 2 aromatic rings. The van der Waals surface area contributed by atoms with E-state index in [1.165, 1.54) is 4.31 Å². The molecule has 1 aliphatic heterocycles. The molecule has 0 amide bonds. The molecule has 1 fully saturated rings. The molecule has 1 aliphatic rings. The summed E-state index contributed by atoms with van der Waals surface area (Å²) in [7, 11) is -3.49. The van der Waals surface area contributed by atoms with Crippen molar-refractivity contribution in [1.29, 1.82) is 0 Å². The van der Waals surface area contributed by atoms with Crippen molar-refractivity contribution >= 4 is 10.0 Å². The first kappa shape index (κ1) is 14.8. The molecule has 2 aromatic carbocycles. The van der Waals surface area contributed by atoms with Crippen LogP contribution < -0.4 is 0 Å². The van der Waals surface area contributed by atoms with E-state index in [1.54, 1.807) is 12.1 Å². The molecule has 3 nitrogen and oxygen atoms in total. The number of rotatable bonds is 3. The van der Waals surface area contributed by atoms with Gasteiger partial charge < -0.3 is 0 Å². The summed E-state index contributed by atoms with van der Waals surface area (Å²) in [5.74, 6) is 2.64. The fourth-order valence-corrected chi connectivity index (χ4v) is 4.62. The Hall–Kier alpha value is -2.09. The summed E-state index contributed by atoms with van der Waals surface area (Å²) in [6.45, 7) is 3.84. The highest BCUT2D eigenvalue weighted by molar-refractivity contribution is 7.89. The summed E-state index contributed by atoms with van der Waals surface area (Å²) in [5.41, 5.74) is 2.68. The Bertz CT molecular complexity index is 847. The SMILES string of the molecule is C#Cc1ccccc1C1C(C)N1S(=O)(=O)c1ccc(C)cc1. The standard InChI is InChI=1S/C18H17NO2S/c1-4-15-7-5-6-8-17(15)18-14(3)19(18)22(20,21)16-11-9-13(2)10-12-16/h1,5-12,14,18H,2-3H3. The van der Waals surface area contributed by atoms with Crippen molar-refractivity contribution in [2.45, 2.75) is 30.8 Å². The minimum absolute atomic E-state index is 0.0826. The lowest BCUT2D eigenvalue weighted by molar-refractivity contribution is 0.548. The van der Waals surface area contributed by atoms with Crippen molar-refractivity contribution in [1.82, 2.24) is 4.31 Å². The summed E-state index contributed by atoms with van der Waals surface area (Å²) in [6.07, 6.45) is 5.53. The van der Waals surface area contributed by atoms with Crippen molar-refractivity contribution in [3.8, 4) is 12.3 Å². The lowest BCUT2D eigenvalue weighted by atomic mass is 10.0. The Morgan fingerprint density at radius 1 is 1.09 bits per heavy atom. The predicted octanol–water partition coefficient (Wildman–Crippen LogP) is 3.11. The van der Waals surface area contributed by atoms with Crippen molar-refractivity contribution in [3.05, 3.63) is 65.2 Å². The third-order valence-corrected chi connectivity index (χ3v) is 6.06. The van der Waals surface area contributed by atoms with Crippen LogP contribution >= 0.6 is 0 Å². The first-order valence-electron chi connectivity index (χ1n) is 7.12. The van der Waals surface area contributed by atoms with Crippen LogP contribution in [-0.2, 0) is 10.0 Å². The van der Waals surface area contributed by atoms with Gasteiger partial charge in [-0.2, -0.15) is 4.31 Å². The first-order valence-corrected chi connectivity index (χ1v) is 8.56. The summed E-state index contributed by atoms with van der Waals surface area (Å²) < 4.78 is 27.1. The van der Waals surface area contributed by atoms with Gasteiger partial charge in [0, 0.05) is 11.6 Å². The number of benzene rings is 2. The van der Waals surface area contributed by atoms with Crippen LogP contribution in [0.5, 0.6) is 0 Å². The van der Waals surface area contributed by atoms with E-state index in [0.29, 0.717) is 4.90 Å². The average Bonchev–Trinajstić information content (AvgIpc) is 3.19. The molecule has 0 N–H and O–H groups in total. The third-order valence-electron chi connectivity index (χ3n) is 4.07. The van der Waals surface area contributed by atoms with Crippen LogP contribution in [0.2, 0.25) is 0 Å². The molecule has 22 heavy (non-hydrogen) atoms. The molecule has 0 aliphatic carbocycles. The van der Waals surface area contributed by atoms with E-state index >= 15 is 0 Å². The van der Waals surface area contributed by atoms with Crippen molar-refractivity contribution in [3.63, 3.8) is 0 Å². The van der Waals surface area contributed by atoms with Crippen LogP contribution in [0.4, 0.5) is 0 Å². The first-order chi connectivity index (χ1) is 10.5. The van der Waals surface area contributed by atoms with Gasteiger partial charge in [0.25, 0.3) is 0 Å². The second kappa shape index (κ2) is 5.28. The van der Waals surface area contributed by atoms with E-state index in [0.717, 1.165) is 16.7 Å². The molecule has 0 bridgehead atoms. The second-order valence-electron chi connectivity index (χ2n) is 5.57. The highest BCUT2D eigenvalue weighted by Crippen LogP contribution is 2.48. The largest absolute Gasteiger partial charge is 0.243 e. The summed E-state index contributed by atoms with van der Waals surface area (Å²) in [6, 6.07) is 14.2. The predicted molar refractivity (Wildman–Crippen MR) is 86.8 cm³/mol. The lowest BCUT2D eigenvalue weighted by Gasteiger charge is -2.08. The Labute approximate surface area is 131 Å². The molecule has 0 saturated carbocycles. The van der Waals surface area contributed by atoms with E-state index in [2.05, 4.69) is 5.92 Å². The highest BCUT2D eigenvalue weighted by atomic mass is 32.2. The van der Waals surface area contributed by atoms with Gasteiger partial charge in [-0.1, -0.05) is 41.8 Å². The van der Waals surface area contributed by atoms with Gasteiger partial charge in [-0.15, -0.1) is 6.42 Å². The van der Waals surface area contributed by atoms with E-state index < -0.39 is 10.0 Å². The molecule has 1 saturated heterocycles. The zero-order valence-electron chi connectivity index (χ0n) is 12.5. The topological polar surface area (TPSA) is 37.1 Å². The third kappa shape index (κ3) is 2.33. The van der Waals surface area contributed by atoms with Crippen LogP contribution in [0.15, 0.2) is 53.4 Å². The van der Waals surface area contributed by atoms with Crippen LogP contribution in [0.25, 0.3) is 0 Å². The van der Waals surface area contributed by atoms with E-state index in [-0.39, 0.29) is 12.1 Å². The second-order valence-corrected chi connectivity index (χ2v) is 7.41. The molecular formula is C18H17NO2S. The van der Waals surface area contributed by atoms with Gasteiger partial charge in [0.15, 0.2) is 0 Å². The number of hydrogen-bond acceptors (Lipinski definition) is 2. The molecule has 0 radical (unpaired) electrons. The Balaban J connectivity index is 1.97. The maximum Gasteiger partial charge on any atom is 0.243 e. The quantitative estimate of drug-likeness (QED) is 0.645. The van der Waals surface area contributed by atoms with Gasteiger partial charge in [0.2, 0.25) is 10.0 Å². The molecule has 0 aromatic heterocycles. The molecular weight excluding hydrogens is 294 g/mol. The molecule has 4 heteroatoms. The van der Waals surface area contributed by atoms with Gasteiger partial charge in [-0.3, -0.25) is 0 Å². The zero-order valence-corrected chi connectivity index (χ0v) is 13.3. The fourth-order valence-electron chi connectivity index (χ4n) is 2.81. The Morgan fingerprint density at radius 2 is 1.73 bits per heavy atom. The van der Waals surface area contributed by atoms with E-state index in [1.807, 2.05) is 50.2 Å². The van der Waals surface area contributed by atoms with Crippen LogP contribution in [0.1, 0.15) is 29.7 Å². The summed E-state index contributed by atoms with van der Waals surface area (Å²) in [5, 5.41) is 0. The van der Waals surface area contributed by atoms with Crippen molar-refractivity contribution in [2.75, 3.05) is 0 Å².